The number of nitrogens with zero attached hydrogens (tertiary/aromatic N) is 1. The standard InChI is InChI=1S/C14H18FNO3.C6H12FNO.CH4O.CH4/c15-12-6-8-16(9-7-13(12)17)14(18)19-10-11-4-2-1-3-5-11;7-5-1-3-8-4-2-6(5)9;1-2;/h1-5,12-13,17H,6-10H2;5-6,8-9H,1-4H2;2H,1H3;1H4/t12-,13-;5-,6-;;/m00../s1. The number of likely N-dealkylation sites (tertiary alicyclic amines) is 1. The van der Waals surface area contributed by atoms with Crippen molar-refractivity contribution in [1.29, 1.82) is 0 Å². The maximum atomic E-state index is 13.3. The van der Waals surface area contributed by atoms with Gasteiger partial charge in [-0.05, 0) is 44.3 Å². The molecule has 0 spiro atoms. The lowest BCUT2D eigenvalue weighted by molar-refractivity contribution is 0.0749. The van der Waals surface area contributed by atoms with Gasteiger partial charge in [-0.25, -0.2) is 13.6 Å². The number of rotatable bonds is 2. The van der Waals surface area contributed by atoms with Gasteiger partial charge < -0.3 is 30.3 Å². The summed E-state index contributed by atoms with van der Waals surface area (Å²) in [5.74, 6) is 0. The van der Waals surface area contributed by atoms with E-state index in [9.17, 15) is 18.7 Å². The summed E-state index contributed by atoms with van der Waals surface area (Å²) in [5, 5.41) is 28.4. The summed E-state index contributed by atoms with van der Waals surface area (Å²) in [4.78, 5) is 13.3. The Balaban J connectivity index is 0.000000633. The van der Waals surface area contributed by atoms with Crippen molar-refractivity contribution in [2.45, 2.75) is 64.3 Å². The molecule has 0 unspecified atom stereocenters. The van der Waals surface area contributed by atoms with Gasteiger partial charge in [0.05, 0.1) is 12.2 Å². The maximum absolute atomic E-state index is 13.3. The molecular weight excluding hydrogens is 410 g/mol. The van der Waals surface area contributed by atoms with Gasteiger partial charge in [0.15, 0.2) is 0 Å². The highest BCUT2D eigenvalue weighted by Gasteiger charge is 2.27. The summed E-state index contributed by atoms with van der Waals surface area (Å²) < 4.78 is 31.0. The number of benzene rings is 1. The summed E-state index contributed by atoms with van der Waals surface area (Å²) in [6.07, 6.45) is -3.05. The Morgan fingerprint density at radius 2 is 1.55 bits per heavy atom. The van der Waals surface area contributed by atoms with Crippen LogP contribution in [-0.4, -0.2) is 84.2 Å². The Hall–Kier alpha value is -1.81. The van der Waals surface area contributed by atoms with Crippen LogP contribution in [0.15, 0.2) is 30.3 Å². The molecule has 0 aliphatic carbocycles. The van der Waals surface area contributed by atoms with E-state index in [1.807, 2.05) is 30.3 Å². The van der Waals surface area contributed by atoms with E-state index in [1.54, 1.807) is 0 Å². The molecule has 4 N–H and O–H groups in total. The molecule has 1 aromatic carbocycles. The van der Waals surface area contributed by atoms with Crippen LogP contribution in [0.4, 0.5) is 13.6 Å². The van der Waals surface area contributed by atoms with Crippen LogP contribution < -0.4 is 5.32 Å². The van der Waals surface area contributed by atoms with E-state index < -0.39 is 30.6 Å². The molecule has 9 heteroatoms. The largest absolute Gasteiger partial charge is 0.445 e. The van der Waals surface area contributed by atoms with Crippen LogP contribution in [0.1, 0.15) is 38.7 Å². The highest BCUT2D eigenvalue weighted by atomic mass is 19.1. The number of carbonyl (C=O) groups excluding carboxylic acids is 1. The minimum Gasteiger partial charge on any atom is -0.445 e. The van der Waals surface area contributed by atoms with Crippen molar-refractivity contribution in [2.24, 2.45) is 0 Å². The molecule has 7 nitrogen and oxygen atoms in total. The Kier molecular flexibility index (Phi) is 15.8. The number of aliphatic hydroxyl groups is 3. The normalized spacial score (nSPS) is 25.8. The fourth-order valence-corrected chi connectivity index (χ4v) is 3.03. The zero-order valence-electron chi connectivity index (χ0n) is 17.4. The van der Waals surface area contributed by atoms with E-state index in [0.717, 1.165) is 19.2 Å². The van der Waals surface area contributed by atoms with Gasteiger partial charge in [0.25, 0.3) is 0 Å². The number of hydrogen-bond acceptors (Lipinski definition) is 6. The third-order valence-electron chi connectivity index (χ3n) is 4.88. The smallest absolute Gasteiger partial charge is 0.410 e. The summed E-state index contributed by atoms with van der Waals surface area (Å²) in [5.41, 5.74) is 0.911. The summed E-state index contributed by atoms with van der Waals surface area (Å²) in [7, 11) is 1.00. The van der Waals surface area contributed by atoms with Gasteiger partial charge in [-0.1, -0.05) is 37.8 Å². The van der Waals surface area contributed by atoms with Crippen molar-refractivity contribution in [3.63, 3.8) is 0 Å². The number of halogens is 2. The third-order valence-corrected chi connectivity index (χ3v) is 4.88. The summed E-state index contributed by atoms with van der Waals surface area (Å²) in [6.45, 7) is 2.25. The first-order chi connectivity index (χ1) is 14.5. The van der Waals surface area contributed by atoms with Crippen molar-refractivity contribution >= 4 is 6.09 Å². The topological polar surface area (TPSA) is 102 Å². The minimum atomic E-state index is -1.26. The number of carbonyl (C=O) groups is 1. The van der Waals surface area contributed by atoms with Crippen molar-refractivity contribution in [1.82, 2.24) is 10.2 Å². The average molecular weight is 449 g/mol. The number of amides is 1. The first kappa shape index (κ1) is 29.2. The second kappa shape index (κ2) is 16.8. The predicted molar refractivity (Wildman–Crippen MR) is 116 cm³/mol. The quantitative estimate of drug-likeness (QED) is 0.554. The van der Waals surface area contributed by atoms with Crippen molar-refractivity contribution in [3.8, 4) is 0 Å². The molecule has 1 amide bonds. The molecule has 0 saturated carbocycles. The van der Waals surface area contributed by atoms with Gasteiger partial charge in [0, 0.05) is 20.2 Å². The molecule has 0 radical (unpaired) electrons. The molecule has 4 atom stereocenters. The number of ether oxygens (including phenoxy) is 1. The fraction of sp³-hybridized carbons (Fsp3) is 0.682. The van der Waals surface area contributed by atoms with Crippen LogP contribution in [0.25, 0.3) is 0 Å². The summed E-state index contributed by atoms with van der Waals surface area (Å²) in [6, 6.07) is 9.38. The van der Waals surface area contributed by atoms with Crippen LogP contribution >= 0.6 is 0 Å². The lowest BCUT2D eigenvalue weighted by Crippen LogP contribution is -2.32. The monoisotopic (exact) mass is 448 g/mol. The average Bonchev–Trinajstić information content (AvgIpc) is 3.07. The number of hydrogen-bond donors (Lipinski definition) is 4. The summed E-state index contributed by atoms with van der Waals surface area (Å²) >= 11 is 0. The molecule has 3 rings (SSSR count). The molecule has 0 bridgehead atoms. The second-order valence-corrected chi connectivity index (χ2v) is 7.10. The Morgan fingerprint density at radius 3 is 2.23 bits per heavy atom. The van der Waals surface area contributed by atoms with Gasteiger partial charge in [0.2, 0.25) is 0 Å². The highest BCUT2D eigenvalue weighted by Crippen LogP contribution is 2.16. The lowest BCUT2D eigenvalue weighted by Gasteiger charge is -2.19. The van der Waals surface area contributed by atoms with Crippen LogP contribution in [0.5, 0.6) is 0 Å². The minimum absolute atomic E-state index is 0. The van der Waals surface area contributed by atoms with E-state index >= 15 is 0 Å². The lowest BCUT2D eigenvalue weighted by atomic mass is 10.1. The Bertz CT molecular complexity index is 560. The molecule has 180 valence electrons. The molecule has 0 aromatic heterocycles. The van der Waals surface area contributed by atoms with Crippen molar-refractivity contribution < 1.29 is 33.6 Å². The third kappa shape index (κ3) is 11.4. The first-order valence-corrected chi connectivity index (χ1v) is 10.2. The second-order valence-electron chi connectivity index (χ2n) is 7.10. The van der Waals surface area contributed by atoms with Gasteiger partial charge >= 0.3 is 6.09 Å². The molecule has 2 aliphatic heterocycles. The van der Waals surface area contributed by atoms with Gasteiger partial charge in [-0.15, -0.1) is 0 Å². The molecule has 2 saturated heterocycles. The Morgan fingerprint density at radius 1 is 1.00 bits per heavy atom. The molecule has 2 heterocycles. The van der Waals surface area contributed by atoms with Crippen molar-refractivity contribution in [3.05, 3.63) is 35.9 Å². The SMILES string of the molecule is C.CO.O=C(OCc1ccccc1)N1CC[C@H](O)[C@@H](F)CC1.O[C@H]1CCNCC[C@@H]1F. The van der Waals surface area contributed by atoms with E-state index in [1.165, 1.54) is 4.90 Å². The number of aliphatic hydroxyl groups excluding tert-OH is 3. The molecule has 2 fully saturated rings. The zero-order valence-corrected chi connectivity index (χ0v) is 17.4. The molecule has 1 aromatic rings. The fourth-order valence-electron chi connectivity index (χ4n) is 3.03. The van der Waals surface area contributed by atoms with Gasteiger partial charge in [-0.2, -0.15) is 0 Å². The first-order valence-electron chi connectivity index (χ1n) is 10.2. The van der Waals surface area contributed by atoms with Crippen LogP contribution in [-0.2, 0) is 11.3 Å². The van der Waals surface area contributed by atoms with Crippen LogP contribution in [0, 0.1) is 0 Å². The van der Waals surface area contributed by atoms with Crippen LogP contribution in [0.3, 0.4) is 0 Å². The van der Waals surface area contributed by atoms with E-state index in [2.05, 4.69) is 5.32 Å². The van der Waals surface area contributed by atoms with E-state index in [4.69, 9.17) is 14.9 Å². The predicted octanol–water partition coefficient (Wildman–Crippen LogP) is 2.43. The Labute approximate surface area is 184 Å². The van der Waals surface area contributed by atoms with Gasteiger partial charge in [-0.3, -0.25) is 0 Å². The van der Waals surface area contributed by atoms with E-state index in [0.29, 0.717) is 25.9 Å². The highest BCUT2D eigenvalue weighted by molar-refractivity contribution is 5.67. The zero-order chi connectivity index (χ0) is 22.4. The van der Waals surface area contributed by atoms with E-state index in [-0.39, 0.29) is 33.4 Å². The van der Waals surface area contributed by atoms with Gasteiger partial charge in [0.1, 0.15) is 19.0 Å². The molecule has 2 aliphatic rings. The van der Waals surface area contributed by atoms with Crippen LogP contribution in [0.2, 0.25) is 0 Å². The van der Waals surface area contributed by atoms with Crippen molar-refractivity contribution in [2.75, 3.05) is 33.3 Å². The number of nitrogens with one attached hydrogen (secondary N) is 1. The number of alkyl halides is 2. The molecule has 31 heavy (non-hydrogen) atoms. The maximum Gasteiger partial charge on any atom is 0.410 e. The molecular formula is C22H38F2N2O5.